The van der Waals surface area contributed by atoms with Gasteiger partial charge in [0.2, 0.25) is 0 Å². The zero-order valence-electron chi connectivity index (χ0n) is 13.8. The van der Waals surface area contributed by atoms with E-state index < -0.39 is 10.0 Å². The maximum absolute atomic E-state index is 12.1. The Kier molecular flexibility index (Phi) is 4.95. The summed E-state index contributed by atoms with van der Waals surface area (Å²) in [6.45, 7) is 1.90. The van der Waals surface area contributed by atoms with Gasteiger partial charge in [-0.2, -0.15) is 13.5 Å². The van der Waals surface area contributed by atoms with E-state index in [-0.39, 0.29) is 4.90 Å². The molecular weight excluding hydrogens is 332 g/mol. The Hall–Kier alpha value is -2.92. The summed E-state index contributed by atoms with van der Waals surface area (Å²) in [5.74, 6) is 0. The summed E-state index contributed by atoms with van der Waals surface area (Å²) in [7, 11) is -3.65. The Morgan fingerprint density at radius 1 is 0.800 bits per heavy atom. The zero-order valence-corrected chi connectivity index (χ0v) is 14.6. The number of hydrogen-bond acceptors (Lipinski definition) is 3. The first-order valence-electron chi connectivity index (χ1n) is 7.82. The monoisotopic (exact) mass is 350 g/mol. The van der Waals surface area contributed by atoms with Crippen molar-refractivity contribution in [3.63, 3.8) is 0 Å². The number of nitrogens with one attached hydrogen (secondary N) is 1. The maximum Gasteiger partial charge on any atom is 0.276 e. The highest BCUT2D eigenvalue weighted by atomic mass is 32.2. The molecule has 0 fully saturated rings. The summed E-state index contributed by atoms with van der Waals surface area (Å²) in [5, 5.41) is 3.85. The Morgan fingerprint density at radius 3 is 2.04 bits per heavy atom. The Labute approximate surface area is 147 Å². The van der Waals surface area contributed by atoms with Gasteiger partial charge in [-0.15, -0.1) is 0 Å². The fraction of sp³-hybridized carbons (Fsp3) is 0.0500. The molecule has 1 N–H and O–H groups in total. The van der Waals surface area contributed by atoms with E-state index in [9.17, 15) is 8.42 Å². The smallest absolute Gasteiger partial charge is 0.200 e. The lowest BCUT2D eigenvalue weighted by Gasteiger charge is -2.04. The Morgan fingerprint density at radius 2 is 1.40 bits per heavy atom. The van der Waals surface area contributed by atoms with Crippen LogP contribution in [0.15, 0.2) is 88.9 Å². The van der Waals surface area contributed by atoms with Crippen LogP contribution in [0.3, 0.4) is 0 Å². The zero-order chi connectivity index (χ0) is 17.7. The lowest BCUT2D eigenvalue weighted by molar-refractivity contribution is 0.584. The van der Waals surface area contributed by atoms with Crippen molar-refractivity contribution in [2.24, 2.45) is 5.10 Å². The molecule has 0 amide bonds. The lowest BCUT2D eigenvalue weighted by Crippen LogP contribution is -2.18. The van der Waals surface area contributed by atoms with Gasteiger partial charge in [0.25, 0.3) is 10.0 Å². The first kappa shape index (κ1) is 16.9. The minimum absolute atomic E-state index is 0.190. The molecule has 0 saturated carbocycles. The molecule has 0 radical (unpaired) electrons. The van der Waals surface area contributed by atoms with Crippen LogP contribution < -0.4 is 4.83 Å². The van der Waals surface area contributed by atoms with Gasteiger partial charge < -0.3 is 0 Å². The third kappa shape index (κ3) is 4.33. The fourth-order valence-electron chi connectivity index (χ4n) is 2.33. The predicted molar refractivity (Wildman–Crippen MR) is 101 cm³/mol. The SMILES string of the molecule is Cc1ccc(S(=O)(=O)N/N=C/c2ccc(-c3ccccc3)cc2)cc1. The number of nitrogens with zero attached hydrogens (tertiary/aromatic N) is 1. The summed E-state index contributed by atoms with van der Waals surface area (Å²) in [4.78, 5) is 2.42. The van der Waals surface area contributed by atoms with Crippen molar-refractivity contribution in [3.05, 3.63) is 90.0 Å². The second-order valence-corrected chi connectivity index (χ2v) is 7.31. The van der Waals surface area contributed by atoms with Crippen LogP contribution in [0.5, 0.6) is 0 Å². The summed E-state index contributed by atoms with van der Waals surface area (Å²) in [5.41, 5.74) is 4.04. The average molecular weight is 350 g/mol. The summed E-state index contributed by atoms with van der Waals surface area (Å²) in [6, 6.07) is 24.4. The van der Waals surface area contributed by atoms with E-state index in [1.165, 1.54) is 6.21 Å². The molecule has 0 heterocycles. The van der Waals surface area contributed by atoms with Crippen LogP contribution in [-0.4, -0.2) is 14.6 Å². The highest BCUT2D eigenvalue weighted by molar-refractivity contribution is 7.89. The topological polar surface area (TPSA) is 58.5 Å². The molecule has 3 aromatic carbocycles. The molecule has 3 rings (SSSR count). The van der Waals surface area contributed by atoms with E-state index in [0.29, 0.717) is 0 Å². The molecule has 0 spiro atoms. The molecule has 5 heteroatoms. The van der Waals surface area contributed by atoms with Crippen molar-refractivity contribution in [2.45, 2.75) is 11.8 Å². The number of benzene rings is 3. The first-order valence-corrected chi connectivity index (χ1v) is 9.30. The molecule has 0 aliphatic rings. The van der Waals surface area contributed by atoms with E-state index in [1.807, 2.05) is 61.5 Å². The van der Waals surface area contributed by atoms with E-state index in [2.05, 4.69) is 9.93 Å². The van der Waals surface area contributed by atoms with Crippen molar-refractivity contribution in [2.75, 3.05) is 0 Å². The molecule has 0 aliphatic heterocycles. The lowest BCUT2D eigenvalue weighted by atomic mass is 10.0. The molecular formula is C20H18N2O2S. The van der Waals surface area contributed by atoms with Crippen LogP contribution in [0.1, 0.15) is 11.1 Å². The van der Waals surface area contributed by atoms with Crippen molar-refractivity contribution >= 4 is 16.2 Å². The standard InChI is InChI=1S/C20H18N2O2S/c1-16-7-13-20(14-8-16)25(23,24)22-21-15-17-9-11-19(12-10-17)18-5-3-2-4-6-18/h2-15,22H,1H3/b21-15+. The van der Waals surface area contributed by atoms with E-state index >= 15 is 0 Å². The van der Waals surface area contributed by atoms with E-state index in [1.54, 1.807) is 24.3 Å². The molecule has 0 atom stereocenters. The van der Waals surface area contributed by atoms with Gasteiger partial charge in [0, 0.05) is 0 Å². The van der Waals surface area contributed by atoms with Gasteiger partial charge in [-0.05, 0) is 35.7 Å². The van der Waals surface area contributed by atoms with Crippen LogP contribution in [0.2, 0.25) is 0 Å². The minimum Gasteiger partial charge on any atom is -0.200 e. The highest BCUT2D eigenvalue weighted by Gasteiger charge is 2.11. The predicted octanol–water partition coefficient (Wildman–Crippen LogP) is 3.97. The van der Waals surface area contributed by atoms with Gasteiger partial charge >= 0.3 is 0 Å². The van der Waals surface area contributed by atoms with Crippen LogP contribution in [-0.2, 0) is 10.0 Å². The average Bonchev–Trinajstić information content (AvgIpc) is 2.63. The first-order chi connectivity index (χ1) is 12.0. The van der Waals surface area contributed by atoms with Gasteiger partial charge in [-0.3, -0.25) is 0 Å². The number of rotatable bonds is 5. The second-order valence-electron chi connectivity index (χ2n) is 5.65. The molecule has 0 unspecified atom stereocenters. The van der Waals surface area contributed by atoms with Crippen molar-refractivity contribution in [1.82, 2.24) is 4.83 Å². The van der Waals surface area contributed by atoms with Crippen molar-refractivity contribution in [1.29, 1.82) is 0 Å². The van der Waals surface area contributed by atoms with Crippen molar-refractivity contribution in [3.8, 4) is 11.1 Å². The van der Waals surface area contributed by atoms with Gasteiger partial charge in [-0.1, -0.05) is 72.3 Å². The summed E-state index contributed by atoms with van der Waals surface area (Å²) >= 11 is 0. The third-order valence-corrected chi connectivity index (χ3v) is 4.97. The molecule has 25 heavy (non-hydrogen) atoms. The van der Waals surface area contributed by atoms with Crippen LogP contribution in [0.25, 0.3) is 11.1 Å². The van der Waals surface area contributed by atoms with E-state index in [4.69, 9.17) is 0 Å². The van der Waals surface area contributed by atoms with Crippen LogP contribution >= 0.6 is 0 Å². The Bertz CT molecular complexity index is 962. The van der Waals surface area contributed by atoms with Crippen molar-refractivity contribution < 1.29 is 8.42 Å². The molecule has 0 aliphatic carbocycles. The highest BCUT2D eigenvalue weighted by Crippen LogP contribution is 2.18. The summed E-state index contributed by atoms with van der Waals surface area (Å²) < 4.78 is 24.3. The van der Waals surface area contributed by atoms with Gasteiger partial charge in [-0.25, -0.2) is 4.83 Å². The largest absolute Gasteiger partial charge is 0.276 e. The normalized spacial score (nSPS) is 11.6. The van der Waals surface area contributed by atoms with Gasteiger partial charge in [0.1, 0.15) is 0 Å². The molecule has 0 saturated heterocycles. The third-order valence-electron chi connectivity index (χ3n) is 3.74. The van der Waals surface area contributed by atoms with Gasteiger partial charge in [0.15, 0.2) is 0 Å². The van der Waals surface area contributed by atoms with Crippen LogP contribution in [0, 0.1) is 6.92 Å². The quantitative estimate of drug-likeness (QED) is 0.559. The van der Waals surface area contributed by atoms with Crippen LogP contribution in [0.4, 0.5) is 0 Å². The maximum atomic E-state index is 12.1. The minimum atomic E-state index is -3.65. The fourth-order valence-corrected chi connectivity index (χ4v) is 3.12. The number of sulfonamides is 1. The Balaban J connectivity index is 1.69. The number of hydrogen-bond donors (Lipinski definition) is 1. The number of aryl methyl sites for hydroxylation is 1. The molecule has 4 nitrogen and oxygen atoms in total. The second kappa shape index (κ2) is 7.32. The molecule has 3 aromatic rings. The van der Waals surface area contributed by atoms with E-state index in [0.717, 1.165) is 22.3 Å². The molecule has 0 bridgehead atoms. The van der Waals surface area contributed by atoms with Gasteiger partial charge in [0.05, 0.1) is 11.1 Å². The molecule has 0 aromatic heterocycles. The summed E-state index contributed by atoms with van der Waals surface area (Å²) in [6.07, 6.45) is 1.49. The molecule has 126 valence electrons. The number of hydrazone groups is 1.